The van der Waals surface area contributed by atoms with Gasteiger partial charge >= 0.3 is 0 Å². The molecular weight excluding hydrogens is 330 g/mol. The van der Waals surface area contributed by atoms with E-state index in [9.17, 15) is 8.42 Å². The van der Waals surface area contributed by atoms with E-state index in [0.717, 1.165) is 4.90 Å². The molecule has 0 aliphatic carbocycles. The molecule has 0 heterocycles. The lowest BCUT2D eigenvalue weighted by atomic mass is 10.3. The molecule has 7 heteroatoms. The molecule has 0 bridgehead atoms. The number of methoxy groups -OCH3 is 1. The van der Waals surface area contributed by atoms with E-state index in [0.29, 0.717) is 11.4 Å². The van der Waals surface area contributed by atoms with Gasteiger partial charge in [-0.2, -0.15) is 0 Å². The van der Waals surface area contributed by atoms with Gasteiger partial charge in [0.2, 0.25) is 0 Å². The average Bonchev–Trinajstić information content (AvgIpc) is 2.47. The largest absolute Gasteiger partial charge is 0.495 e. The van der Waals surface area contributed by atoms with Crippen molar-refractivity contribution in [3.05, 3.63) is 47.5 Å². The smallest absolute Gasteiger partial charge is 0.261 e. The van der Waals surface area contributed by atoms with Crippen LogP contribution >= 0.6 is 23.4 Å². The highest BCUT2D eigenvalue weighted by Crippen LogP contribution is 2.28. The minimum atomic E-state index is -3.69. The summed E-state index contributed by atoms with van der Waals surface area (Å²) < 4.78 is 32.2. The second-order valence-corrected chi connectivity index (χ2v) is 7.10. The molecule has 0 saturated carbocycles. The molecule has 21 heavy (non-hydrogen) atoms. The fourth-order valence-electron chi connectivity index (χ4n) is 1.71. The van der Waals surface area contributed by atoms with E-state index < -0.39 is 10.0 Å². The standard InChI is InChI=1S/C14H14ClNO3S2/c1-19-14-7-6-12(9-13(14)15)21(17,18)16-10-4-3-5-11(8-10)20-2/h3-9,16H,1-2H3. The van der Waals surface area contributed by atoms with Crippen LogP contribution in [0, 0.1) is 0 Å². The molecule has 2 aromatic rings. The zero-order valence-corrected chi connectivity index (χ0v) is 13.8. The third-order valence-electron chi connectivity index (χ3n) is 2.76. The molecule has 0 amide bonds. The molecule has 1 N–H and O–H groups in total. The van der Waals surface area contributed by atoms with Crippen molar-refractivity contribution in [1.29, 1.82) is 0 Å². The Morgan fingerprint density at radius 1 is 1.19 bits per heavy atom. The van der Waals surface area contributed by atoms with Crippen LogP contribution in [0.1, 0.15) is 0 Å². The van der Waals surface area contributed by atoms with Gasteiger partial charge in [0.1, 0.15) is 5.75 Å². The van der Waals surface area contributed by atoms with Gasteiger partial charge in [0.15, 0.2) is 0 Å². The van der Waals surface area contributed by atoms with Crippen LogP contribution in [0.5, 0.6) is 5.75 Å². The lowest BCUT2D eigenvalue weighted by Gasteiger charge is -2.10. The third-order valence-corrected chi connectivity index (χ3v) is 5.16. The van der Waals surface area contributed by atoms with E-state index in [1.807, 2.05) is 12.3 Å². The number of anilines is 1. The number of halogens is 1. The fraction of sp³-hybridized carbons (Fsp3) is 0.143. The molecule has 0 aromatic heterocycles. The number of ether oxygens (including phenoxy) is 1. The lowest BCUT2D eigenvalue weighted by molar-refractivity contribution is 0.414. The molecule has 4 nitrogen and oxygen atoms in total. The minimum absolute atomic E-state index is 0.0860. The summed E-state index contributed by atoms with van der Waals surface area (Å²) in [5.74, 6) is 0.431. The molecule has 2 aromatic carbocycles. The molecule has 0 radical (unpaired) electrons. The maximum Gasteiger partial charge on any atom is 0.261 e. The number of hydrogen-bond acceptors (Lipinski definition) is 4. The number of benzene rings is 2. The second-order valence-electron chi connectivity index (χ2n) is 4.13. The maximum absolute atomic E-state index is 12.3. The van der Waals surface area contributed by atoms with Crippen molar-refractivity contribution >= 4 is 39.1 Å². The molecule has 0 spiro atoms. The van der Waals surface area contributed by atoms with Crippen LogP contribution in [0.2, 0.25) is 5.02 Å². The van der Waals surface area contributed by atoms with Crippen LogP contribution in [0.25, 0.3) is 0 Å². The number of sulfonamides is 1. The van der Waals surface area contributed by atoms with Crippen molar-refractivity contribution in [2.45, 2.75) is 9.79 Å². The van der Waals surface area contributed by atoms with Crippen molar-refractivity contribution in [1.82, 2.24) is 0 Å². The summed E-state index contributed by atoms with van der Waals surface area (Å²) in [7, 11) is -2.21. The van der Waals surface area contributed by atoms with Crippen molar-refractivity contribution in [3.8, 4) is 5.75 Å². The molecule has 0 aliphatic heterocycles. The van der Waals surface area contributed by atoms with Crippen LogP contribution in [0.15, 0.2) is 52.3 Å². The molecule has 0 unspecified atom stereocenters. The Kier molecular flexibility index (Phi) is 5.03. The first kappa shape index (κ1) is 16.0. The van der Waals surface area contributed by atoms with Gasteiger partial charge in [0.25, 0.3) is 10.0 Å². The van der Waals surface area contributed by atoms with Crippen LogP contribution in [0.4, 0.5) is 5.69 Å². The van der Waals surface area contributed by atoms with E-state index in [4.69, 9.17) is 16.3 Å². The summed E-state index contributed by atoms with van der Waals surface area (Å²) in [6, 6.07) is 11.5. The summed E-state index contributed by atoms with van der Waals surface area (Å²) in [5.41, 5.74) is 0.508. The van der Waals surface area contributed by atoms with Gasteiger partial charge in [-0.3, -0.25) is 4.72 Å². The topological polar surface area (TPSA) is 55.4 Å². The fourth-order valence-corrected chi connectivity index (χ4v) is 3.57. The van der Waals surface area contributed by atoms with Crippen molar-refractivity contribution < 1.29 is 13.2 Å². The zero-order valence-electron chi connectivity index (χ0n) is 11.5. The van der Waals surface area contributed by atoms with Gasteiger partial charge in [-0.25, -0.2) is 8.42 Å². The maximum atomic E-state index is 12.3. The van der Waals surface area contributed by atoms with Gasteiger partial charge in [-0.1, -0.05) is 17.7 Å². The number of thioether (sulfide) groups is 1. The number of hydrogen-bond donors (Lipinski definition) is 1. The average molecular weight is 344 g/mol. The lowest BCUT2D eigenvalue weighted by Crippen LogP contribution is -2.13. The SMILES string of the molecule is COc1ccc(S(=O)(=O)Nc2cccc(SC)c2)cc1Cl. The highest BCUT2D eigenvalue weighted by Gasteiger charge is 2.16. The Bertz CT molecular complexity index is 748. The van der Waals surface area contributed by atoms with Crippen molar-refractivity contribution in [3.63, 3.8) is 0 Å². The predicted octanol–water partition coefficient (Wildman–Crippen LogP) is 3.87. The number of rotatable bonds is 5. The van der Waals surface area contributed by atoms with Crippen molar-refractivity contribution in [2.24, 2.45) is 0 Å². The summed E-state index contributed by atoms with van der Waals surface area (Å²) in [5, 5.41) is 0.248. The van der Waals surface area contributed by atoms with Crippen LogP contribution < -0.4 is 9.46 Å². The third kappa shape index (κ3) is 3.84. The van der Waals surface area contributed by atoms with Gasteiger partial charge in [0, 0.05) is 10.6 Å². The molecule has 0 atom stereocenters. The summed E-state index contributed by atoms with van der Waals surface area (Å²) in [6.07, 6.45) is 1.93. The molecule has 0 fully saturated rings. The van der Waals surface area contributed by atoms with Gasteiger partial charge < -0.3 is 4.74 Å². The Labute approximate surface area is 133 Å². The quantitative estimate of drug-likeness (QED) is 0.837. The van der Waals surface area contributed by atoms with E-state index >= 15 is 0 Å². The summed E-state index contributed by atoms with van der Waals surface area (Å²) >= 11 is 7.51. The van der Waals surface area contributed by atoms with Crippen LogP contribution in [0.3, 0.4) is 0 Å². The summed E-state index contributed by atoms with van der Waals surface area (Å²) in [4.78, 5) is 1.06. The molecular formula is C14H14ClNO3S2. The molecule has 0 aliphatic rings. The van der Waals surface area contributed by atoms with Crippen LogP contribution in [-0.4, -0.2) is 21.8 Å². The van der Waals surface area contributed by atoms with Crippen LogP contribution in [-0.2, 0) is 10.0 Å². The number of nitrogens with one attached hydrogen (secondary N) is 1. The van der Waals surface area contributed by atoms with Gasteiger partial charge in [-0.15, -0.1) is 11.8 Å². The first-order valence-corrected chi connectivity index (χ1v) is 9.05. The predicted molar refractivity (Wildman–Crippen MR) is 87.0 cm³/mol. The van der Waals surface area contributed by atoms with E-state index in [1.54, 1.807) is 18.2 Å². The molecule has 112 valence electrons. The van der Waals surface area contributed by atoms with Gasteiger partial charge in [0.05, 0.1) is 17.0 Å². The monoisotopic (exact) mass is 343 g/mol. The van der Waals surface area contributed by atoms with Gasteiger partial charge in [-0.05, 0) is 42.7 Å². The Hall–Kier alpha value is -1.37. The van der Waals surface area contributed by atoms with E-state index in [1.165, 1.54) is 37.1 Å². The Balaban J connectivity index is 2.31. The highest BCUT2D eigenvalue weighted by atomic mass is 35.5. The minimum Gasteiger partial charge on any atom is -0.495 e. The van der Waals surface area contributed by atoms with E-state index in [-0.39, 0.29) is 9.92 Å². The second kappa shape index (κ2) is 6.60. The normalized spacial score (nSPS) is 11.2. The molecule has 0 saturated heterocycles. The first-order chi connectivity index (χ1) is 9.96. The van der Waals surface area contributed by atoms with Crippen molar-refractivity contribution in [2.75, 3.05) is 18.1 Å². The highest BCUT2D eigenvalue weighted by molar-refractivity contribution is 7.98. The van der Waals surface area contributed by atoms with E-state index in [2.05, 4.69) is 4.72 Å². The Morgan fingerprint density at radius 3 is 2.57 bits per heavy atom. The Morgan fingerprint density at radius 2 is 1.95 bits per heavy atom. The first-order valence-electron chi connectivity index (χ1n) is 5.96. The zero-order chi connectivity index (χ0) is 15.5. The molecule has 2 rings (SSSR count). The summed E-state index contributed by atoms with van der Waals surface area (Å²) in [6.45, 7) is 0.